The Hall–Kier alpha value is -1.73. The Morgan fingerprint density at radius 3 is 2.24 bits per heavy atom. The van der Waals surface area contributed by atoms with Crippen LogP contribution in [-0.2, 0) is 30.0 Å². The van der Waals surface area contributed by atoms with E-state index in [1.54, 1.807) is 4.31 Å². The fraction of sp³-hybridized carbons (Fsp3) is 0.682. The van der Waals surface area contributed by atoms with Gasteiger partial charge in [-0.1, -0.05) is 30.3 Å². The van der Waals surface area contributed by atoms with Crippen molar-refractivity contribution in [2.75, 3.05) is 52.5 Å². The molecule has 3 aliphatic rings. The second-order valence-electron chi connectivity index (χ2n) is 8.99. The number of nitrogens with zero attached hydrogens (tertiary/aromatic N) is 2. The highest BCUT2D eigenvalue weighted by atomic mass is 32.2. The summed E-state index contributed by atoms with van der Waals surface area (Å²) in [4.78, 5) is 11.3. The van der Waals surface area contributed by atoms with E-state index >= 15 is 0 Å². The predicted octanol–water partition coefficient (Wildman–Crippen LogP) is 2.35. The number of morpholine rings is 1. The molecule has 4 rings (SSSR count). The molecule has 1 atom stereocenters. The number of carbonyl (C=O) groups is 1. The highest BCUT2D eigenvalue weighted by molar-refractivity contribution is 7.88. The summed E-state index contributed by atoms with van der Waals surface area (Å²) in [6.45, 7) is 6.57. The van der Waals surface area contributed by atoms with Gasteiger partial charge in [0, 0.05) is 32.7 Å². The van der Waals surface area contributed by atoms with Crippen LogP contribution < -0.4 is 0 Å². The minimum Gasteiger partial charge on any atom is -0.475 e. The summed E-state index contributed by atoms with van der Waals surface area (Å²) in [6, 6.07) is 9.45. The fourth-order valence-corrected chi connectivity index (χ4v) is 6.08. The molecule has 0 amide bonds. The van der Waals surface area contributed by atoms with Crippen molar-refractivity contribution in [3.05, 3.63) is 35.9 Å². The molecule has 0 aliphatic carbocycles. The zero-order valence-electron chi connectivity index (χ0n) is 18.9. The summed E-state index contributed by atoms with van der Waals surface area (Å²) in [5.41, 5.74) is 1.02. The van der Waals surface area contributed by atoms with Gasteiger partial charge in [-0.15, -0.1) is 0 Å². The molecule has 0 radical (unpaired) electrons. The Bertz CT molecular complexity index is 899. The van der Waals surface area contributed by atoms with Crippen molar-refractivity contribution in [2.24, 2.45) is 5.41 Å². The lowest BCUT2D eigenvalue weighted by molar-refractivity contribution is -0.192. The Labute approximate surface area is 197 Å². The number of hydrogen-bond donors (Lipinski definition) is 1. The van der Waals surface area contributed by atoms with Crippen LogP contribution in [0.2, 0.25) is 0 Å². The minimum absolute atomic E-state index is 0.0942. The van der Waals surface area contributed by atoms with E-state index in [1.165, 1.54) is 0 Å². The lowest BCUT2D eigenvalue weighted by Crippen LogP contribution is -2.44. The predicted molar refractivity (Wildman–Crippen MR) is 118 cm³/mol. The Morgan fingerprint density at radius 1 is 1.09 bits per heavy atom. The van der Waals surface area contributed by atoms with Crippen LogP contribution in [-0.4, -0.2) is 93.5 Å². The molecule has 1 N–H and O–H groups in total. The maximum absolute atomic E-state index is 12.8. The zero-order valence-corrected chi connectivity index (χ0v) is 19.7. The molecule has 0 aromatic heterocycles. The summed E-state index contributed by atoms with van der Waals surface area (Å²) in [7, 11) is -3.25. The average molecular weight is 509 g/mol. The molecule has 192 valence electrons. The van der Waals surface area contributed by atoms with Gasteiger partial charge in [-0.25, -0.2) is 17.5 Å². The molecule has 3 saturated heterocycles. The first kappa shape index (κ1) is 26.9. The first-order chi connectivity index (χ1) is 16.0. The molecule has 1 spiro atoms. The topological polar surface area (TPSA) is 96.4 Å². The Balaban J connectivity index is 0.000000406. The van der Waals surface area contributed by atoms with Crippen LogP contribution in [0.25, 0.3) is 0 Å². The number of piperidine rings is 1. The number of aliphatic carboxylic acids is 1. The molecular formula is C22H31F3N2O6S. The van der Waals surface area contributed by atoms with Crippen molar-refractivity contribution in [3.8, 4) is 0 Å². The van der Waals surface area contributed by atoms with Gasteiger partial charge in [0.2, 0.25) is 10.0 Å². The number of halogens is 3. The second kappa shape index (κ2) is 11.3. The average Bonchev–Trinajstić information content (AvgIpc) is 3.16. The van der Waals surface area contributed by atoms with Gasteiger partial charge in [-0.3, -0.25) is 4.90 Å². The molecule has 3 aliphatic heterocycles. The van der Waals surface area contributed by atoms with Gasteiger partial charge in [0.05, 0.1) is 31.7 Å². The number of carboxylic acid groups (broad SMARTS) is 1. The number of ether oxygens (including phenoxy) is 2. The smallest absolute Gasteiger partial charge is 0.475 e. The van der Waals surface area contributed by atoms with Crippen molar-refractivity contribution in [2.45, 2.75) is 37.3 Å². The maximum atomic E-state index is 12.8. The normalized spacial score (nSPS) is 23.9. The molecule has 34 heavy (non-hydrogen) atoms. The number of alkyl halides is 3. The molecular weight excluding hydrogens is 477 g/mol. The van der Waals surface area contributed by atoms with E-state index in [-0.39, 0.29) is 17.3 Å². The molecule has 12 heteroatoms. The van der Waals surface area contributed by atoms with Crippen molar-refractivity contribution < 1.29 is 41.0 Å². The highest BCUT2D eigenvalue weighted by Crippen LogP contribution is 2.42. The quantitative estimate of drug-likeness (QED) is 0.652. The van der Waals surface area contributed by atoms with E-state index in [9.17, 15) is 21.6 Å². The maximum Gasteiger partial charge on any atom is 0.490 e. The monoisotopic (exact) mass is 508 g/mol. The third-order valence-electron chi connectivity index (χ3n) is 6.46. The molecule has 3 fully saturated rings. The standard InChI is InChI=1S/C20H30N2O4S.C2HF3O2/c23-27(24,16-18-4-2-1-3-5-18)22-8-6-20(7-9-22)14-19(26-17-20)15-21-10-12-25-13-11-21;3-2(4,5)1(6)7/h1-5,19H,6-17H2;(H,6,7). The lowest BCUT2D eigenvalue weighted by Gasteiger charge is -2.38. The molecule has 3 heterocycles. The van der Waals surface area contributed by atoms with Crippen LogP contribution in [0, 0.1) is 5.41 Å². The van der Waals surface area contributed by atoms with E-state index in [0.717, 1.165) is 64.3 Å². The van der Waals surface area contributed by atoms with Crippen molar-refractivity contribution in [1.29, 1.82) is 0 Å². The number of carboxylic acids is 1. The fourth-order valence-electron chi connectivity index (χ4n) is 4.55. The SMILES string of the molecule is O=C(O)C(F)(F)F.O=S(=O)(Cc1ccccc1)N1CCC2(CC1)COC(CN1CCOCC1)C2. The summed E-state index contributed by atoms with van der Waals surface area (Å²) < 4.78 is 70.5. The van der Waals surface area contributed by atoms with Crippen LogP contribution in [0.4, 0.5) is 13.2 Å². The third kappa shape index (κ3) is 7.64. The van der Waals surface area contributed by atoms with Crippen LogP contribution in [0.15, 0.2) is 30.3 Å². The minimum atomic E-state index is -5.08. The molecule has 8 nitrogen and oxygen atoms in total. The van der Waals surface area contributed by atoms with Crippen molar-refractivity contribution in [3.63, 3.8) is 0 Å². The van der Waals surface area contributed by atoms with Gasteiger partial charge in [-0.2, -0.15) is 13.2 Å². The molecule has 1 aromatic carbocycles. The van der Waals surface area contributed by atoms with Crippen molar-refractivity contribution in [1.82, 2.24) is 9.21 Å². The van der Waals surface area contributed by atoms with E-state index in [0.29, 0.717) is 13.1 Å². The summed E-state index contributed by atoms with van der Waals surface area (Å²) in [5, 5.41) is 7.12. The molecule has 1 aromatic rings. The highest BCUT2D eigenvalue weighted by Gasteiger charge is 2.44. The van der Waals surface area contributed by atoms with Crippen LogP contribution >= 0.6 is 0 Å². The summed E-state index contributed by atoms with van der Waals surface area (Å²) in [5.74, 6) is -2.66. The number of rotatable bonds is 5. The van der Waals surface area contributed by atoms with Gasteiger partial charge in [-0.05, 0) is 30.2 Å². The third-order valence-corrected chi connectivity index (χ3v) is 8.31. The number of sulfonamides is 1. The molecule has 0 bridgehead atoms. The zero-order chi connectivity index (χ0) is 24.8. The van der Waals surface area contributed by atoms with E-state index in [1.807, 2.05) is 30.3 Å². The van der Waals surface area contributed by atoms with Crippen LogP contribution in [0.3, 0.4) is 0 Å². The summed E-state index contributed by atoms with van der Waals surface area (Å²) >= 11 is 0. The lowest BCUT2D eigenvalue weighted by atomic mass is 9.77. The van der Waals surface area contributed by atoms with Crippen LogP contribution in [0.5, 0.6) is 0 Å². The Morgan fingerprint density at radius 2 is 1.68 bits per heavy atom. The largest absolute Gasteiger partial charge is 0.490 e. The Kier molecular flexibility index (Phi) is 8.96. The number of benzene rings is 1. The van der Waals surface area contributed by atoms with Gasteiger partial charge in [0.15, 0.2) is 0 Å². The molecule has 0 saturated carbocycles. The van der Waals surface area contributed by atoms with Gasteiger partial charge < -0.3 is 14.6 Å². The molecule has 1 unspecified atom stereocenters. The number of hydrogen-bond acceptors (Lipinski definition) is 6. The van der Waals surface area contributed by atoms with Gasteiger partial charge >= 0.3 is 12.1 Å². The van der Waals surface area contributed by atoms with Gasteiger partial charge in [0.1, 0.15) is 0 Å². The van der Waals surface area contributed by atoms with Gasteiger partial charge in [0.25, 0.3) is 0 Å². The van der Waals surface area contributed by atoms with E-state index < -0.39 is 22.2 Å². The summed E-state index contributed by atoms with van der Waals surface area (Å²) in [6.07, 6.45) is -1.95. The van der Waals surface area contributed by atoms with E-state index in [4.69, 9.17) is 19.4 Å². The first-order valence-electron chi connectivity index (χ1n) is 11.2. The van der Waals surface area contributed by atoms with Crippen LogP contribution in [0.1, 0.15) is 24.8 Å². The van der Waals surface area contributed by atoms with Crippen molar-refractivity contribution >= 4 is 16.0 Å². The first-order valence-corrected chi connectivity index (χ1v) is 12.8. The second-order valence-corrected chi connectivity index (χ2v) is 11.0. The van der Waals surface area contributed by atoms with E-state index in [2.05, 4.69) is 4.90 Å².